The third-order valence-corrected chi connectivity index (χ3v) is 8.10. The van der Waals surface area contributed by atoms with Crippen LogP contribution in [-0.2, 0) is 9.53 Å². The number of carbonyl (C=O) groups is 1. The van der Waals surface area contributed by atoms with Crippen molar-refractivity contribution in [3.05, 3.63) is 12.2 Å². The van der Waals surface area contributed by atoms with E-state index in [-0.39, 0.29) is 11.4 Å². The van der Waals surface area contributed by atoms with Crippen LogP contribution in [0.1, 0.15) is 201 Å². The van der Waals surface area contributed by atoms with E-state index in [1.54, 1.807) is 0 Å². The van der Waals surface area contributed by atoms with Crippen molar-refractivity contribution in [2.75, 3.05) is 6.61 Å². The number of esters is 1. The second kappa shape index (κ2) is 29.2. The molecule has 0 N–H and O–H groups in total. The van der Waals surface area contributed by atoms with Crippen LogP contribution in [0, 0.1) is 5.41 Å². The van der Waals surface area contributed by atoms with Gasteiger partial charge in [-0.1, -0.05) is 161 Å². The Bertz CT molecular complexity index is 507. The lowest BCUT2D eigenvalue weighted by molar-refractivity contribution is -0.154. The van der Waals surface area contributed by atoms with E-state index in [1.165, 1.54) is 154 Å². The van der Waals surface area contributed by atoms with Gasteiger partial charge in [-0.05, 0) is 52.4 Å². The van der Waals surface area contributed by atoms with E-state index in [2.05, 4.69) is 39.8 Å². The summed E-state index contributed by atoms with van der Waals surface area (Å²) in [4.78, 5) is 12.5. The molecule has 0 rings (SSSR count). The van der Waals surface area contributed by atoms with E-state index in [4.69, 9.17) is 4.74 Å². The first kappa shape index (κ1) is 37.2. The van der Waals surface area contributed by atoms with Crippen molar-refractivity contribution >= 4 is 5.97 Å². The number of allylic oxidation sites excluding steroid dienone is 2. The molecule has 0 aromatic heterocycles. The number of rotatable bonds is 30. The van der Waals surface area contributed by atoms with Crippen LogP contribution in [0.3, 0.4) is 0 Å². The van der Waals surface area contributed by atoms with Gasteiger partial charge in [0.05, 0.1) is 12.0 Å². The third-order valence-electron chi connectivity index (χ3n) is 8.10. The average molecular weight is 535 g/mol. The van der Waals surface area contributed by atoms with Gasteiger partial charge < -0.3 is 4.74 Å². The SMILES string of the molecule is CCCCCCCC/C=C\CCCCCCC(C)(C)C(=O)OCCCCCCCCCCCCCCCC. The molecule has 226 valence electrons. The fraction of sp³-hybridized carbons (Fsp3) is 0.917. The molecule has 0 aliphatic carbocycles. The lowest BCUT2D eigenvalue weighted by Crippen LogP contribution is -2.27. The maximum absolute atomic E-state index is 12.5. The lowest BCUT2D eigenvalue weighted by atomic mass is 9.87. The van der Waals surface area contributed by atoms with Crippen LogP contribution < -0.4 is 0 Å². The second-order valence-electron chi connectivity index (χ2n) is 12.6. The largest absolute Gasteiger partial charge is 0.465 e. The Kier molecular flexibility index (Phi) is 28.6. The first-order chi connectivity index (χ1) is 18.5. The predicted molar refractivity (Wildman–Crippen MR) is 170 cm³/mol. The van der Waals surface area contributed by atoms with Crippen molar-refractivity contribution in [3.63, 3.8) is 0 Å². The smallest absolute Gasteiger partial charge is 0.311 e. The van der Waals surface area contributed by atoms with Gasteiger partial charge in [0, 0.05) is 0 Å². The van der Waals surface area contributed by atoms with Crippen LogP contribution in [0.4, 0.5) is 0 Å². The Hall–Kier alpha value is -0.790. The molecular formula is C36H70O2. The quantitative estimate of drug-likeness (QED) is 0.0520. The predicted octanol–water partition coefficient (Wildman–Crippen LogP) is 12.7. The van der Waals surface area contributed by atoms with Crippen molar-refractivity contribution in [3.8, 4) is 0 Å². The van der Waals surface area contributed by atoms with Gasteiger partial charge in [0.15, 0.2) is 0 Å². The van der Waals surface area contributed by atoms with Crippen LogP contribution in [0.25, 0.3) is 0 Å². The molecule has 0 radical (unpaired) electrons. The highest BCUT2D eigenvalue weighted by Gasteiger charge is 2.28. The van der Waals surface area contributed by atoms with Gasteiger partial charge in [0.25, 0.3) is 0 Å². The molecule has 2 heteroatoms. The highest BCUT2D eigenvalue weighted by molar-refractivity contribution is 5.75. The van der Waals surface area contributed by atoms with E-state index in [9.17, 15) is 4.79 Å². The van der Waals surface area contributed by atoms with E-state index >= 15 is 0 Å². The molecule has 0 atom stereocenters. The number of ether oxygens (including phenoxy) is 1. The minimum absolute atomic E-state index is 0.00446. The molecule has 2 nitrogen and oxygen atoms in total. The molecule has 0 heterocycles. The van der Waals surface area contributed by atoms with Gasteiger partial charge in [-0.25, -0.2) is 0 Å². The van der Waals surface area contributed by atoms with Crippen molar-refractivity contribution in [1.29, 1.82) is 0 Å². The Morgan fingerprint density at radius 1 is 0.500 bits per heavy atom. The summed E-state index contributed by atoms with van der Waals surface area (Å²) in [6.45, 7) is 9.29. The minimum Gasteiger partial charge on any atom is -0.465 e. The minimum atomic E-state index is -0.340. The normalized spacial score (nSPS) is 12.0. The molecule has 0 aromatic carbocycles. The summed E-state index contributed by atoms with van der Waals surface area (Å²) >= 11 is 0. The van der Waals surface area contributed by atoms with E-state index in [1.807, 2.05) is 0 Å². The van der Waals surface area contributed by atoms with Crippen LogP contribution in [-0.4, -0.2) is 12.6 Å². The van der Waals surface area contributed by atoms with E-state index in [0.717, 1.165) is 19.3 Å². The fourth-order valence-corrected chi connectivity index (χ4v) is 5.22. The fourth-order valence-electron chi connectivity index (χ4n) is 5.22. The summed E-state index contributed by atoms with van der Waals surface area (Å²) < 4.78 is 5.64. The molecule has 0 saturated heterocycles. The van der Waals surface area contributed by atoms with Crippen LogP contribution in [0.5, 0.6) is 0 Å². The molecule has 0 fully saturated rings. The Balaban J connectivity index is 3.47. The number of hydrogen-bond acceptors (Lipinski definition) is 2. The van der Waals surface area contributed by atoms with Gasteiger partial charge in [-0.2, -0.15) is 0 Å². The van der Waals surface area contributed by atoms with Crippen molar-refractivity contribution in [1.82, 2.24) is 0 Å². The molecule has 0 aliphatic rings. The zero-order valence-corrected chi connectivity index (χ0v) is 26.8. The lowest BCUT2D eigenvalue weighted by Gasteiger charge is -2.22. The van der Waals surface area contributed by atoms with Crippen molar-refractivity contribution in [2.45, 2.75) is 201 Å². The highest BCUT2D eigenvalue weighted by Crippen LogP contribution is 2.26. The van der Waals surface area contributed by atoms with Gasteiger partial charge in [-0.15, -0.1) is 0 Å². The molecule has 0 aromatic rings. The van der Waals surface area contributed by atoms with Crippen LogP contribution >= 0.6 is 0 Å². The first-order valence-electron chi connectivity index (χ1n) is 17.4. The molecule has 0 unspecified atom stereocenters. The van der Waals surface area contributed by atoms with Gasteiger partial charge in [0.2, 0.25) is 0 Å². The van der Waals surface area contributed by atoms with Gasteiger partial charge >= 0.3 is 5.97 Å². The summed E-state index contributed by atoms with van der Waals surface area (Å²) in [5, 5.41) is 0. The summed E-state index contributed by atoms with van der Waals surface area (Å²) in [5.41, 5.74) is -0.340. The molecule has 0 saturated carbocycles. The third kappa shape index (κ3) is 26.8. The Morgan fingerprint density at radius 3 is 1.26 bits per heavy atom. The number of unbranched alkanes of at least 4 members (excludes halogenated alkanes) is 23. The van der Waals surface area contributed by atoms with E-state index < -0.39 is 0 Å². The molecule has 0 aliphatic heterocycles. The summed E-state index contributed by atoms with van der Waals surface area (Å²) in [7, 11) is 0. The molecule has 0 amide bonds. The Morgan fingerprint density at radius 2 is 0.842 bits per heavy atom. The molecule has 38 heavy (non-hydrogen) atoms. The Labute approximate surface area is 240 Å². The topological polar surface area (TPSA) is 26.3 Å². The van der Waals surface area contributed by atoms with Gasteiger partial charge in [0.1, 0.15) is 0 Å². The monoisotopic (exact) mass is 535 g/mol. The standard InChI is InChI=1S/C36H70O2/c1-5-7-9-11-13-15-17-19-21-23-25-27-29-31-33-36(3,4)35(37)38-34-32-30-28-26-24-22-20-18-16-14-12-10-8-6-2/h19,21H,5-18,20,22-34H2,1-4H3/b21-19-. The summed E-state index contributed by atoms with van der Waals surface area (Å²) in [5.74, 6) is 0.00446. The van der Waals surface area contributed by atoms with Crippen molar-refractivity contribution in [2.24, 2.45) is 5.41 Å². The molecule has 0 spiro atoms. The second-order valence-corrected chi connectivity index (χ2v) is 12.6. The first-order valence-corrected chi connectivity index (χ1v) is 17.4. The summed E-state index contributed by atoms with van der Waals surface area (Å²) in [6, 6.07) is 0. The molecule has 0 bridgehead atoms. The maximum atomic E-state index is 12.5. The number of hydrogen-bond donors (Lipinski definition) is 0. The van der Waals surface area contributed by atoms with Crippen LogP contribution in [0.2, 0.25) is 0 Å². The average Bonchev–Trinajstić information content (AvgIpc) is 2.90. The zero-order chi connectivity index (χ0) is 28.0. The van der Waals surface area contributed by atoms with E-state index in [0.29, 0.717) is 6.61 Å². The van der Waals surface area contributed by atoms with Crippen LogP contribution in [0.15, 0.2) is 12.2 Å². The van der Waals surface area contributed by atoms with Crippen molar-refractivity contribution < 1.29 is 9.53 Å². The maximum Gasteiger partial charge on any atom is 0.311 e. The summed E-state index contributed by atoms with van der Waals surface area (Å²) in [6.07, 6.45) is 40.3. The highest BCUT2D eigenvalue weighted by atomic mass is 16.5. The zero-order valence-electron chi connectivity index (χ0n) is 26.8. The number of carbonyl (C=O) groups excluding carboxylic acids is 1. The van der Waals surface area contributed by atoms with Gasteiger partial charge in [-0.3, -0.25) is 4.79 Å². The molecular weight excluding hydrogens is 464 g/mol.